The second-order valence-electron chi connectivity index (χ2n) is 12.7. The van der Waals surface area contributed by atoms with Crippen molar-refractivity contribution in [3.63, 3.8) is 0 Å². The van der Waals surface area contributed by atoms with Crippen LogP contribution in [0.4, 0.5) is 11.4 Å². The summed E-state index contributed by atoms with van der Waals surface area (Å²) in [7, 11) is 0. The Balaban J connectivity index is 1.12. The smallest absolute Gasteiger partial charge is 0.273 e. The van der Waals surface area contributed by atoms with Crippen LogP contribution in [0.2, 0.25) is 0 Å². The van der Waals surface area contributed by atoms with E-state index >= 15 is 0 Å². The number of Topliss-reactive ketones (excluding diaryl/α,β-unsaturated/α-hetero) is 1. The minimum absolute atomic E-state index is 0.0599. The summed E-state index contributed by atoms with van der Waals surface area (Å²) in [6.45, 7) is -0.690. The molecule has 3 amide bonds. The number of hydrogen-bond donors (Lipinski definition) is 0. The molecule has 256 valence electrons. The molecule has 0 N–H and O–H groups in total. The molecule has 0 spiro atoms. The topological polar surface area (TPSA) is 170 Å². The quantitative estimate of drug-likeness (QED) is 0.0730. The number of hydrogen-bond acceptors (Lipinski definition) is 9. The highest BCUT2D eigenvalue weighted by Gasteiger charge is 2.63. The van der Waals surface area contributed by atoms with Crippen LogP contribution in [-0.4, -0.2) is 49.9 Å². The van der Waals surface area contributed by atoms with Gasteiger partial charge in [0.05, 0.1) is 21.7 Å². The second-order valence-corrected chi connectivity index (χ2v) is 12.7. The predicted molar refractivity (Wildman–Crippen MR) is 183 cm³/mol. The third-order valence-electron chi connectivity index (χ3n) is 9.98. The van der Waals surface area contributed by atoms with Crippen molar-refractivity contribution in [2.75, 3.05) is 6.54 Å². The van der Waals surface area contributed by atoms with Crippen LogP contribution in [0.1, 0.15) is 54.8 Å². The summed E-state index contributed by atoms with van der Waals surface area (Å²) in [6, 6.07) is 31.5. The van der Waals surface area contributed by atoms with Gasteiger partial charge in [-0.25, -0.2) is 5.01 Å². The first-order chi connectivity index (χ1) is 25.1. The number of imide groups is 1. The highest BCUT2D eigenvalue weighted by molar-refractivity contribution is 6.11. The molecule has 0 radical (unpaired) electrons. The van der Waals surface area contributed by atoms with Gasteiger partial charge in [0.2, 0.25) is 0 Å². The van der Waals surface area contributed by atoms with Crippen molar-refractivity contribution in [2.45, 2.75) is 11.8 Å². The molecule has 52 heavy (non-hydrogen) atoms. The summed E-state index contributed by atoms with van der Waals surface area (Å²) in [5, 5.41) is 23.9. The van der Waals surface area contributed by atoms with Gasteiger partial charge in [-0.15, -0.1) is 0 Å². The molecular weight excluding hydrogens is 668 g/mol. The minimum atomic E-state index is -0.857. The lowest BCUT2D eigenvalue weighted by Gasteiger charge is -2.45. The van der Waals surface area contributed by atoms with Gasteiger partial charge in [-0.2, -0.15) is 5.01 Å². The van der Waals surface area contributed by atoms with Crippen molar-refractivity contribution in [1.29, 1.82) is 0 Å². The first-order valence-corrected chi connectivity index (χ1v) is 16.3. The molecule has 9 rings (SSSR count). The van der Waals surface area contributed by atoms with Crippen molar-refractivity contribution in [3.8, 4) is 11.5 Å². The van der Waals surface area contributed by atoms with E-state index in [9.17, 15) is 39.4 Å². The first kappa shape index (κ1) is 32.2. The molecule has 3 aliphatic carbocycles. The monoisotopic (exact) mass is 694 g/mol. The zero-order chi connectivity index (χ0) is 36.3. The SMILES string of the molecule is O=C(CN(C(=O)c1ccc([N+](=O)[O-])cc1)N1C(=O)[C@@H]2C3c4ccccc4C(c4ccccc43)[C@@H]2C1=O)c1ccc(Oc2ccc([N+](=O)[O-])cc2)cc1. The Kier molecular flexibility index (Phi) is 7.67. The molecule has 5 aromatic rings. The minimum Gasteiger partial charge on any atom is -0.457 e. The Labute approximate surface area is 294 Å². The number of nitrogens with zero attached hydrogens (tertiary/aromatic N) is 4. The molecule has 5 aromatic carbocycles. The normalized spacial score (nSPS) is 19.3. The van der Waals surface area contributed by atoms with Gasteiger partial charge in [0.25, 0.3) is 29.1 Å². The average Bonchev–Trinajstić information content (AvgIpc) is 3.43. The maximum atomic E-state index is 14.5. The number of ether oxygens (including phenoxy) is 1. The molecule has 1 fully saturated rings. The number of ketones is 1. The number of carbonyl (C=O) groups excluding carboxylic acids is 4. The van der Waals surface area contributed by atoms with Gasteiger partial charge in [-0.3, -0.25) is 39.4 Å². The molecule has 4 aliphatic rings. The van der Waals surface area contributed by atoms with E-state index in [1.165, 1.54) is 60.7 Å². The van der Waals surface area contributed by atoms with Crippen molar-refractivity contribution in [3.05, 3.63) is 175 Å². The Morgan fingerprint density at radius 1 is 0.596 bits per heavy atom. The summed E-state index contributed by atoms with van der Waals surface area (Å²) < 4.78 is 5.75. The number of rotatable bonds is 9. The molecule has 13 heteroatoms. The van der Waals surface area contributed by atoms with Crippen LogP contribution in [0.15, 0.2) is 121 Å². The lowest BCUT2D eigenvalue weighted by atomic mass is 9.55. The van der Waals surface area contributed by atoms with E-state index in [-0.39, 0.29) is 22.5 Å². The van der Waals surface area contributed by atoms with E-state index in [0.717, 1.165) is 44.4 Å². The second kappa shape index (κ2) is 12.4. The fourth-order valence-electron chi connectivity index (χ4n) is 7.72. The van der Waals surface area contributed by atoms with Crippen molar-refractivity contribution >= 4 is 34.9 Å². The molecule has 13 nitrogen and oxygen atoms in total. The molecule has 0 unspecified atom stereocenters. The van der Waals surface area contributed by atoms with E-state index < -0.39 is 63.6 Å². The van der Waals surface area contributed by atoms with E-state index in [1.54, 1.807) is 0 Å². The van der Waals surface area contributed by atoms with Crippen LogP contribution in [0.3, 0.4) is 0 Å². The third kappa shape index (κ3) is 5.18. The average molecular weight is 695 g/mol. The van der Waals surface area contributed by atoms with Gasteiger partial charge >= 0.3 is 0 Å². The largest absolute Gasteiger partial charge is 0.457 e. The first-order valence-electron chi connectivity index (χ1n) is 16.3. The van der Waals surface area contributed by atoms with Crippen LogP contribution in [0.25, 0.3) is 0 Å². The zero-order valence-corrected chi connectivity index (χ0v) is 27.0. The number of non-ortho nitro benzene ring substituents is 2. The summed E-state index contributed by atoms with van der Waals surface area (Å²) in [6.07, 6.45) is 0. The fourth-order valence-corrected chi connectivity index (χ4v) is 7.72. The van der Waals surface area contributed by atoms with Gasteiger partial charge in [0.15, 0.2) is 5.78 Å². The Hall–Kier alpha value is -7.02. The van der Waals surface area contributed by atoms with Crippen LogP contribution in [0.5, 0.6) is 11.5 Å². The highest BCUT2D eigenvalue weighted by atomic mass is 16.6. The molecule has 1 saturated heterocycles. The Morgan fingerprint density at radius 3 is 1.40 bits per heavy atom. The van der Waals surface area contributed by atoms with Gasteiger partial charge in [-0.05, 0) is 70.8 Å². The zero-order valence-electron chi connectivity index (χ0n) is 27.0. The third-order valence-corrected chi connectivity index (χ3v) is 9.98. The summed E-state index contributed by atoms with van der Waals surface area (Å²) in [5.74, 6) is -4.54. The molecule has 0 aromatic heterocycles. The predicted octanol–water partition coefficient (Wildman–Crippen LogP) is 6.43. The van der Waals surface area contributed by atoms with E-state index in [0.29, 0.717) is 11.5 Å². The lowest BCUT2D eigenvalue weighted by Crippen LogP contribution is -2.52. The fraction of sp³-hybridized carbons (Fsp3) is 0.128. The van der Waals surface area contributed by atoms with Crippen LogP contribution < -0.4 is 4.74 Å². The van der Waals surface area contributed by atoms with Crippen molar-refractivity contribution < 1.29 is 33.8 Å². The molecule has 2 bridgehead atoms. The summed E-state index contributed by atoms with van der Waals surface area (Å²) >= 11 is 0. The maximum Gasteiger partial charge on any atom is 0.273 e. The van der Waals surface area contributed by atoms with E-state index in [4.69, 9.17) is 4.74 Å². The molecule has 1 heterocycles. The summed E-state index contributed by atoms with van der Waals surface area (Å²) in [4.78, 5) is 78.3. The Bertz CT molecular complexity index is 2210. The van der Waals surface area contributed by atoms with Crippen LogP contribution in [0, 0.1) is 32.1 Å². The number of hydrazine groups is 1. The number of benzene rings is 5. The van der Waals surface area contributed by atoms with Crippen LogP contribution in [-0.2, 0) is 9.59 Å². The van der Waals surface area contributed by atoms with Gasteiger partial charge < -0.3 is 4.74 Å². The number of nitro groups is 2. The molecule has 0 saturated carbocycles. The molecule has 2 atom stereocenters. The van der Waals surface area contributed by atoms with Crippen LogP contribution >= 0.6 is 0 Å². The van der Waals surface area contributed by atoms with Gasteiger partial charge in [0, 0.05) is 47.2 Å². The standard InChI is InChI=1S/C39H26N4O9/c44-32(22-11-17-26(18-12-22)52-27-19-15-25(16-20-27)43(50)51)21-40(37(45)23-9-13-24(14-10-23)42(48)49)41-38(46)35-33-28-5-1-2-6-29(28)34(36(35)39(41)47)31-8-4-3-7-30(31)33/h1-20,33-36H,21H2/t33?,34?,35-,36+. The van der Waals surface area contributed by atoms with Gasteiger partial charge in [-0.1, -0.05) is 48.5 Å². The van der Waals surface area contributed by atoms with Crippen molar-refractivity contribution in [1.82, 2.24) is 10.0 Å². The lowest BCUT2D eigenvalue weighted by molar-refractivity contribution is -0.385. The maximum absolute atomic E-state index is 14.5. The highest BCUT2D eigenvalue weighted by Crippen LogP contribution is 2.61. The number of carbonyl (C=O) groups is 4. The number of nitro benzene ring substituents is 2. The van der Waals surface area contributed by atoms with E-state index in [1.807, 2.05) is 48.5 Å². The summed E-state index contributed by atoms with van der Waals surface area (Å²) in [5.41, 5.74) is 3.49. The number of amides is 3. The molecular formula is C39H26N4O9. The van der Waals surface area contributed by atoms with Crippen molar-refractivity contribution in [2.24, 2.45) is 11.8 Å². The van der Waals surface area contributed by atoms with Gasteiger partial charge in [0.1, 0.15) is 18.0 Å². The molecule has 1 aliphatic heterocycles. The van der Waals surface area contributed by atoms with E-state index in [2.05, 4.69) is 0 Å². The Morgan fingerprint density at radius 2 is 0.981 bits per heavy atom.